The summed E-state index contributed by atoms with van der Waals surface area (Å²) >= 11 is 0. The molecule has 0 aromatic rings. The number of hydrogen-bond acceptors (Lipinski definition) is 2. The highest BCUT2D eigenvalue weighted by Gasteiger charge is 2.06. The van der Waals surface area contributed by atoms with Gasteiger partial charge in [-0.15, -0.1) is 0 Å². The molecule has 0 fully saturated rings. The van der Waals surface area contributed by atoms with Crippen LogP contribution in [0.1, 0.15) is 41.0 Å². The summed E-state index contributed by atoms with van der Waals surface area (Å²) in [6, 6.07) is 0. The van der Waals surface area contributed by atoms with Gasteiger partial charge in [0.05, 0.1) is 0 Å². The standard InChI is InChI=1S/C8H19NO.CH4/c1-8(2,3)9-6-4-5-7-10;/h9-10H,4-7H2,1-3H3;1H4. The molecule has 0 spiro atoms. The molecule has 0 saturated carbocycles. The Kier molecular flexibility index (Phi) is 8.13. The molecular formula is C9H23NO. The lowest BCUT2D eigenvalue weighted by Gasteiger charge is -2.20. The first-order chi connectivity index (χ1) is 4.56. The van der Waals surface area contributed by atoms with Crippen LogP contribution >= 0.6 is 0 Å². The topological polar surface area (TPSA) is 32.3 Å². The van der Waals surface area contributed by atoms with E-state index >= 15 is 0 Å². The van der Waals surface area contributed by atoms with E-state index in [1.807, 2.05) is 0 Å². The van der Waals surface area contributed by atoms with Gasteiger partial charge in [-0.2, -0.15) is 0 Å². The van der Waals surface area contributed by atoms with Gasteiger partial charge in [0.15, 0.2) is 0 Å². The van der Waals surface area contributed by atoms with Crippen LogP contribution in [-0.2, 0) is 0 Å². The SMILES string of the molecule is C.CC(C)(C)NCCCCO. The Morgan fingerprint density at radius 2 is 1.73 bits per heavy atom. The number of nitrogens with one attached hydrogen (secondary N) is 1. The summed E-state index contributed by atoms with van der Waals surface area (Å²) in [6.07, 6.45) is 1.97. The highest BCUT2D eigenvalue weighted by molar-refractivity contribution is 4.69. The normalized spacial score (nSPS) is 10.9. The van der Waals surface area contributed by atoms with Gasteiger partial charge < -0.3 is 10.4 Å². The largest absolute Gasteiger partial charge is 0.396 e. The highest BCUT2D eigenvalue weighted by atomic mass is 16.2. The summed E-state index contributed by atoms with van der Waals surface area (Å²) in [7, 11) is 0. The second-order valence-corrected chi connectivity index (χ2v) is 3.61. The monoisotopic (exact) mass is 161 g/mol. The molecular weight excluding hydrogens is 138 g/mol. The van der Waals surface area contributed by atoms with Gasteiger partial charge in [0.25, 0.3) is 0 Å². The lowest BCUT2D eigenvalue weighted by Crippen LogP contribution is -2.36. The van der Waals surface area contributed by atoms with E-state index in [0.29, 0.717) is 6.61 Å². The second-order valence-electron chi connectivity index (χ2n) is 3.61. The molecule has 0 aliphatic carbocycles. The van der Waals surface area contributed by atoms with Crippen LogP contribution in [0.4, 0.5) is 0 Å². The maximum absolute atomic E-state index is 8.47. The third-order valence-corrected chi connectivity index (χ3v) is 1.24. The molecule has 0 aromatic heterocycles. The molecule has 0 aliphatic rings. The smallest absolute Gasteiger partial charge is 0.0431 e. The van der Waals surface area contributed by atoms with Crippen molar-refractivity contribution < 1.29 is 5.11 Å². The molecule has 2 N–H and O–H groups in total. The van der Waals surface area contributed by atoms with Gasteiger partial charge in [-0.05, 0) is 40.2 Å². The quantitative estimate of drug-likeness (QED) is 0.616. The fraction of sp³-hybridized carbons (Fsp3) is 1.00. The van der Waals surface area contributed by atoms with E-state index in [2.05, 4.69) is 26.1 Å². The minimum absolute atomic E-state index is 0. The number of aliphatic hydroxyl groups is 1. The zero-order chi connectivity index (χ0) is 8.04. The zero-order valence-electron chi connectivity index (χ0n) is 7.28. The van der Waals surface area contributed by atoms with E-state index in [4.69, 9.17) is 5.11 Å². The fourth-order valence-electron chi connectivity index (χ4n) is 0.700. The predicted octanol–water partition coefficient (Wildman–Crippen LogP) is 1.78. The van der Waals surface area contributed by atoms with Gasteiger partial charge in [-0.25, -0.2) is 0 Å². The van der Waals surface area contributed by atoms with Crippen molar-refractivity contribution in [2.24, 2.45) is 0 Å². The van der Waals surface area contributed by atoms with Crippen molar-refractivity contribution in [3.8, 4) is 0 Å². The average molecular weight is 161 g/mol. The van der Waals surface area contributed by atoms with Gasteiger partial charge in [-0.3, -0.25) is 0 Å². The maximum atomic E-state index is 8.47. The first-order valence-electron chi connectivity index (χ1n) is 3.92. The van der Waals surface area contributed by atoms with Gasteiger partial charge >= 0.3 is 0 Å². The van der Waals surface area contributed by atoms with Crippen LogP contribution in [0.2, 0.25) is 0 Å². The van der Waals surface area contributed by atoms with Gasteiger partial charge in [0, 0.05) is 12.1 Å². The van der Waals surface area contributed by atoms with Gasteiger partial charge in [0.2, 0.25) is 0 Å². The summed E-state index contributed by atoms with van der Waals surface area (Å²) < 4.78 is 0. The van der Waals surface area contributed by atoms with E-state index in [0.717, 1.165) is 19.4 Å². The molecule has 0 rings (SSSR count). The van der Waals surface area contributed by atoms with Crippen molar-refractivity contribution in [2.45, 2.75) is 46.6 Å². The first-order valence-corrected chi connectivity index (χ1v) is 3.92. The Balaban J connectivity index is 0. The average Bonchev–Trinajstić information content (AvgIpc) is 1.78. The third-order valence-electron chi connectivity index (χ3n) is 1.24. The number of aliphatic hydroxyl groups excluding tert-OH is 1. The summed E-state index contributed by atoms with van der Waals surface area (Å²) in [6.45, 7) is 7.75. The van der Waals surface area contributed by atoms with Crippen molar-refractivity contribution in [1.29, 1.82) is 0 Å². The molecule has 0 bridgehead atoms. The van der Waals surface area contributed by atoms with E-state index in [1.165, 1.54) is 0 Å². The van der Waals surface area contributed by atoms with Crippen LogP contribution in [-0.4, -0.2) is 23.8 Å². The van der Waals surface area contributed by atoms with Crippen LogP contribution in [0, 0.1) is 0 Å². The Bertz CT molecular complexity index is 76.1. The number of hydrogen-bond donors (Lipinski definition) is 2. The Morgan fingerprint density at radius 3 is 2.09 bits per heavy atom. The van der Waals surface area contributed by atoms with E-state index in [9.17, 15) is 0 Å². The molecule has 11 heavy (non-hydrogen) atoms. The Labute approximate surface area is 71.0 Å². The molecule has 0 amide bonds. The summed E-state index contributed by atoms with van der Waals surface area (Å²) in [5.41, 5.74) is 0.218. The van der Waals surface area contributed by atoms with Crippen molar-refractivity contribution in [3.05, 3.63) is 0 Å². The van der Waals surface area contributed by atoms with Crippen LogP contribution in [0.3, 0.4) is 0 Å². The zero-order valence-corrected chi connectivity index (χ0v) is 7.28. The molecule has 0 aliphatic heterocycles. The molecule has 0 atom stereocenters. The van der Waals surface area contributed by atoms with Crippen molar-refractivity contribution in [1.82, 2.24) is 5.32 Å². The third kappa shape index (κ3) is 13.0. The maximum Gasteiger partial charge on any atom is 0.0431 e. The van der Waals surface area contributed by atoms with Crippen LogP contribution in [0.25, 0.3) is 0 Å². The Morgan fingerprint density at radius 1 is 1.18 bits per heavy atom. The molecule has 2 nitrogen and oxygen atoms in total. The van der Waals surface area contributed by atoms with E-state index in [1.54, 1.807) is 0 Å². The fourth-order valence-corrected chi connectivity index (χ4v) is 0.700. The lowest BCUT2D eigenvalue weighted by atomic mass is 10.1. The van der Waals surface area contributed by atoms with Crippen LogP contribution in [0.5, 0.6) is 0 Å². The van der Waals surface area contributed by atoms with Crippen molar-refractivity contribution in [3.63, 3.8) is 0 Å². The number of rotatable bonds is 4. The summed E-state index contributed by atoms with van der Waals surface area (Å²) in [5.74, 6) is 0. The lowest BCUT2D eigenvalue weighted by molar-refractivity contribution is 0.280. The van der Waals surface area contributed by atoms with E-state index < -0.39 is 0 Å². The molecule has 0 saturated heterocycles. The number of unbranched alkanes of at least 4 members (excludes halogenated alkanes) is 1. The molecule has 70 valence electrons. The van der Waals surface area contributed by atoms with Gasteiger partial charge in [0.1, 0.15) is 0 Å². The van der Waals surface area contributed by atoms with Crippen molar-refractivity contribution in [2.75, 3.05) is 13.2 Å². The van der Waals surface area contributed by atoms with Crippen molar-refractivity contribution >= 4 is 0 Å². The highest BCUT2D eigenvalue weighted by Crippen LogP contribution is 1.98. The molecule has 0 heterocycles. The first kappa shape index (κ1) is 13.5. The molecule has 0 aromatic carbocycles. The molecule has 0 unspecified atom stereocenters. The second kappa shape index (κ2) is 6.62. The van der Waals surface area contributed by atoms with Crippen LogP contribution < -0.4 is 5.32 Å². The minimum atomic E-state index is 0. The predicted molar refractivity (Wildman–Crippen MR) is 50.8 cm³/mol. The van der Waals surface area contributed by atoms with Gasteiger partial charge in [-0.1, -0.05) is 7.43 Å². The minimum Gasteiger partial charge on any atom is -0.396 e. The molecule has 0 radical (unpaired) electrons. The summed E-state index contributed by atoms with van der Waals surface area (Å²) in [4.78, 5) is 0. The van der Waals surface area contributed by atoms with E-state index in [-0.39, 0.29) is 13.0 Å². The Hall–Kier alpha value is -0.0800. The summed E-state index contributed by atoms with van der Waals surface area (Å²) in [5, 5.41) is 11.8. The molecule has 2 heteroatoms. The van der Waals surface area contributed by atoms with Crippen LogP contribution in [0.15, 0.2) is 0 Å².